The van der Waals surface area contributed by atoms with Crippen LogP contribution in [-0.4, -0.2) is 60.3 Å². The van der Waals surface area contributed by atoms with Crippen molar-refractivity contribution in [2.24, 2.45) is 0 Å². The van der Waals surface area contributed by atoms with Crippen molar-refractivity contribution in [3.8, 4) is 0 Å². The SMILES string of the molecule is CNC(=S)Nc1ncnc2c1ccn2[C@@H]1O[C@H]([C@H](O)c2ccc(Cl)c(F)c2)[C@@H](O)[C@H]1O. The van der Waals surface area contributed by atoms with E-state index in [1.807, 2.05) is 0 Å². The van der Waals surface area contributed by atoms with Gasteiger partial charge in [0.1, 0.15) is 48.0 Å². The van der Waals surface area contributed by atoms with Crippen LogP contribution in [0.15, 0.2) is 36.8 Å². The van der Waals surface area contributed by atoms with Crippen LogP contribution in [0.5, 0.6) is 0 Å². The number of ether oxygens (including phenoxy) is 1. The molecule has 5 atom stereocenters. The number of nitrogens with one attached hydrogen (secondary N) is 2. The number of halogens is 2. The zero-order chi connectivity index (χ0) is 22.3. The van der Waals surface area contributed by atoms with E-state index < -0.39 is 36.5 Å². The number of nitrogens with zero attached hydrogens (tertiary/aromatic N) is 3. The maximum atomic E-state index is 13.8. The fourth-order valence-corrected chi connectivity index (χ4v) is 3.72. The third-order valence-corrected chi connectivity index (χ3v) is 5.73. The summed E-state index contributed by atoms with van der Waals surface area (Å²) in [5.41, 5.74) is 0.575. The van der Waals surface area contributed by atoms with Crippen LogP contribution in [0.4, 0.5) is 10.2 Å². The van der Waals surface area contributed by atoms with E-state index in [2.05, 4.69) is 20.6 Å². The summed E-state index contributed by atoms with van der Waals surface area (Å²) < 4.78 is 21.1. The van der Waals surface area contributed by atoms with Crippen LogP contribution in [0, 0.1) is 5.82 Å². The molecule has 0 spiro atoms. The van der Waals surface area contributed by atoms with Gasteiger partial charge in [-0.1, -0.05) is 17.7 Å². The normalized spacial score (nSPS) is 24.3. The van der Waals surface area contributed by atoms with Crippen molar-refractivity contribution in [1.82, 2.24) is 19.9 Å². The molecule has 0 aliphatic carbocycles. The monoisotopic (exact) mass is 467 g/mol. The van der Waals surface area contributed by atoms with Gasteiger partial charge in [0.15, 0.2) is 11.3 Å². The van der Waals surface area contributed by atoms with Crippen molar-refractivity contribution in [2.75, 3.05) is 12.4 Å². The zero-order valence-electron chi connectivity index (χ0n) is 16.1. The third-order valence-electron chi connectivity index (χ3n) is 5.11. The molecule has 2 aromatic heterocycles. The van der Waals surface area contributed by atoms with E-state index in [1.165, 1.54) is 23.0 Å². The van der Waals surface area contributed by atoms with Crippen molar-refractivity contribution >= 4 is 45.8 Å². The number of fused-ring (bicyclic) bond motifs is 1. The summed E-state index contributed by atoms with van der Waals surface area (Å²) in [6.07, 6.45) is -3.55. The van der Waals surface area contributed by atoms with Gasteiger partial charge in [-0.2, -0.15) is 0 Å². The van der Waals surface area contributed by atoms with Gasteiger partial charge in [0, 0.05) is 13.2 Å². The Hall–Kier alpha value is -2.41. The number of rotatable bonds is 4. The highest BCUT2D eigenvalue weighted by atomic mass is 35.5. The van der Waals surface area contributed by atoms with Crippen molar-refractivity contribution < 1.29 is 24.4 Å². The summed E-state index contributed by atoms with van der Waals surface area (Å²) in [6.45, 7) is 0. The summed E-state index contributed by atoms with van der Waals surface area (Å²) in [4.78, 5) is 8.40. The largest absolute Gasteiger partial charge is 0.387 e. The lowest BCUT2D eigenvalue weighted by Crippen LogP contribution is -2.34. The lowest BCUT2D eigenvalue weighted by atomic mass is 9.99. The molecule has 12 heteroatoms. The second-order valence-electron chi connectivity index (χ2n) is 6.98. The van der Waals surface area contributed by atoms with Gasteiger partial charge >= 0.3 is 0 Å². The Morgan fingerprint density at radius 2 is 2.06 bits per heavy atom. The Bertz CT molecular complexity index is 1130. The first-order chi connectivity index (χ1) is 14.8. The van der Waals surface area contributed by atoms with Gasteiger partial charge in [-0.3, -0.25) is 0 Å². The molecule has 3 aromatic rings. The fraction of sp³-hybridized carbons (Fsp3) is 0.316. The van der Waals surface area contributed by atoms with Gasteiger partial charge in [-0.25, -0.2) is 14.4 Å². The number of aliphatic hydroxyl groups is 3. The van der Waals surface area contributed by atoms with E-state index in [4.69, 9.17) is 28.6 Å². The van der Waals surface area contributed by atoms with Gasteiger partial charge in [0.2, 0.25) is 0 Å². The zero-order valence-corrected chi connectivity index (χ0v) is 17.7. The van der Waals surface area contributed by atoms with Crippen LogP contribution in [0.2, 0.25) is 5.02 Å². The lowest BCUT2D eigenvalue weighted by molar-refractivity contribution is -0.0848. The molecule has 0 bridgehead atoms. The predicted octanol–water partition coefficient (Wildman–Crippen LogP) is 1.49. The number of hydrogen-bond donors (Lipinski definition) is 5. The van der Waals surface area contributed by atoms with Crippen molar-refractivity contribution in [3.63, 3.8) is 0 Å². The van der Waals surface area contributed by atoms with Crippen LogP contribution in [-0.2, 0) is 4.74 Å². The molecule has 1 aromatic carbocycles. The maximum Gasteiger partial charge on any atom is 0.171 e. The first kappa shape index (κ1) is 21.8. The van der Waals surface area contributed by atoms with E-state index in [1.54, 1.807) is 19.3 Å². The number of hydrogen-bond acceptors (Lipinski definition) is 7. The van der Waals surface area contributed by atoms with E-state index >= 15 is 0 Å². The van der Waals surface area contributed by atoms with Crippen LogP contribution in [0.1, 0.15) is 17.9 Å². The average molecular weight is 468 g/mol. The van der Waals surface area contributed by atoms with Crippen molar-refractivity contribution in [1.29, 1.82) is 0 Å². The van der Waals surface area contributed by atoms with E-state index in [0.717, 1.165) is 6.07 Å². The summed E-state index contributed by atoms with van der Waals surface area (Å²) in [6, 6.07) is 5.48. The standard InChI is InChI=1S/C19H19ClFN5O4S/c1-22-19(31)25-16-9-4-5-26(17(9)24-7-23-16)18-14(29)13(28)15(30-18)12(27)8-2-3-10(20)11(21)6-8/h2-7,12-15,18,27-29H,1H3,(H2,22,23,24,25,31)/t12-,13+,14-,15-,18-/m1/s1. The molecule has 1 aliphatic heterocycles. The molecule has 5 N–H and O–H groups in total. The first-order valence-electron chi connectivity index (χ1n) is 9.26. The Balaban J connectivity index is 1.63. The molecule has 164 valence electrons. The second-order valence-corrected chi connectivity index (χ2v) is 7.79. The minimum absolute atomic E-state index is 0.0950. The minimum Gasteiger partial charge on any atom is -0.387 e. The Labute approximate surface area is 186 Å². The smallest absolute Gasteiger partial charge is 0.171 e. The molecule has 1 saturated heterocycles. The molecule has 4 rings (SSSR count). The molecule has 31 heavy (non-hydrogen) atoms. The lowest BCUT2D eigenvalue weighted by Gasteiger charge is -2.21. The molecular weight excluding hydrogens is 449 g/mol. The Morgan fingerprint density at radius 1 is 1.29 bits per heavy atom. The number of anilines is 1. The average Bonchev–Trinajstić information content (AvgIpc) is 3.31. The van der Waals surface area contributed by atoms with E-state index in [-0.39, 0.29) is 10.6 Å². The third kappa shape index (κ3) is 3.95. The topological polar surface area (TPSA) is 125 Å². The fourth-order valence-electron chi connectivity index (χ4n) is 3.51. The van der Waals surface area contributed by atoms with Gasteiger partial charge in [-0.05, 0) is 36.0 Å². The van der Waals surface area contributed by atoms with Crippen LogP contribution in [0.3, 0.4) is 0 Å². The van der Waals surface area contributed by atoms with Gasteiger partial charge in [0.25, 0.3) is 0 Å². The van der Waals surface area contributed by atoms with Crippen molar-refractivity contribution in [2.45, 2.75) is 30.6 Å². The molecule has 0 radical (unpaired) electrons. The molecule has 9 nitrogen and oxygen atoms in total. The van der Waals surface area contributed by atoms with E-state index in [9.17, 15) is 19.7 Å². The predicted molar refractivity (Wildman–Crippen MR) is 115 cm³/mol. The highest BCUT2D eigenvalue weighted by Gasteiger charge is 2.47. The van der Waals surface area contributed by atoms with Crippen LogP contribution >= 0.6 is 23.8 Å². The number of aliphatic hydroxyl groups excluding tert-OH is 3. The van der Waals surface area contributed by atoms with Crippen molar-refractivity contribution in [3.05, 3.63) is 53.2 Å². The van der Waals surface area contributed by atoms with Gasteiger partial charge < -0.3 is 35.3 Å². The summed E-state index contributed by atoms with van der Waals surface area (Å²) in [7, 11) is 1.67. The molecule has 0 amide bonds. The molecule has 0 saturated carbocycles. The van der Waals surface area contributed by atoms with Crippen LogP contribution in [0.25, 0.3) is 11.0 Å². The first-order valence-corrected chi connectivity index (χ1v) is 10.0. The Morgan fingerprint density at radius 3 is 2.77 bits per heavy atom. The number of aromatic nitrogens is 3. The maximum absolute atomic E-state index is 13.8. The molecule has 1 aliphatic rings. The molecular formula is C19H19ClFN5O4S. The highest BCUT2D eigenvalue weighted by Crippen LogP contribution is 2.38. The second kappa shape index (κ2) is 8.61. The molecule has 0 unspecified atom stereocenters. The van der Waals surface area contributed by atoms with Gasteiger partial charge in [0.05, 0.1) is 10.4 Å². The van der Waals surface area contributed by atoms with Crippen LogP contribution < -0.4 is 10.6 Å². The highest BCUT2D eigenvalue weighted by molar-refractivity contribution is 7.80. The van der Waals surface area contributed by atoms with E-state index in [0.29, 0.717) is 22.0 Å². The Kier molecular flexibility index (Phi) is 6.06. The minimum atomic E-state index is -1.44. The summed E-state index contributed by atoms with van der Waals surface area (Å²) in [5.74, 6) is -0.264. The quantitative estimate of drug-likeness (QED) is 0.363. The summed E-state index contributed by atoms with van der Waals surface area (Å²) >= 11 is 10.8. The molecule has 3 heterocycles. The summed E-state index contributed by atoms with van der Waals surface area (Å²) in [5, 5.41) is 38.4. The molecule has 1 fully saturated rings. The van der Waals surface area contributed by atoms with Gasteiger partial charge in [-0.15, -0.1) is 0 Å². The number of thiocarbonyl (C=S) groups is 1. The number of benzene rings is 1.